The summed E-state index contributed by atoms with van der Waals surface area (Å²) in [6, 6.07) is 11.9. The molecule has 1 N–H and O–H groups in total. The van der Waals surface area contributed by atoms with Crippen LogP contribution in [-0.4, -0.2) is 56.3 Å². The Bertz CT molecular complexity index is 957. The highest BCUT2D eigenvalue weighted by atomic mass is 35.5. The summed E-state index contributed by atoms with van der Waals surface area (Å²) in [7, 11) is -3.64. The minimum atomic E-state index is -3.64. The quantitative estimate of drug-likeness (QED) is 0.772. The predicted octanol–water partition coefficient (Wildman–Crippen LogP) is 3.25. The first-order valence-electron chi connectivity index (χ1n) is 8.80. The molecule has 0 radical (unpaired) electrons. The lowest BCUT2D eigenvalue weighted by Crippen LogP contribution is -2.50. The fraction of sp³-hybridized carbons (Fsp3) is 0.316. The first-order chi connectivity index (χ1) is 13.3. The van der Waals surface area contributed by atoms with Gasteiger partial charge in [0.15, 0.2) is 0 Å². The molecule has 1 heterocycles. The molecule has 0 atom stereocenters. The zero-order valence-corrected chi connectivity index (χ0v) is 17.7. The molecule has 0 bridgehead atoms. The summed E-state index contributed by atoms with van der Waals surface area (Å²) >= 11 is 11.8. The minimum Gasteiger partial charge on any atom is -0.325 e. The fourth-order valence-electron chi connectivity index (χ4n) is 2.95. The number of nitrogens with zero attached hydrogens (tertiary/aromatic N) is 2. The van der Waals surface area contributed by atoms with Crippen LogP contribution in [0.5, 0.6) is 0 Å². The van der Waals surface area contributed by atoms with Crippen molar-refractivity contribution in [1.82, 2.24) is 9.21 Å². The van der Waals surface area contributed by atoms with Gasteiger partial charge in [0.25, 0.3) is 0 Å². The molecule has 0 spiro atoms. The SMILES string of the molecule is Cc1ccc(NC(=O)CN2CCN(S(=O)(=O)c3ccc(Cl)c(Cl)c3)CC2)cc1. The Hall–Kier alpha value is -1.64. The Kier molecular flexibility index (Phi) is 6.62. The molecular formula is C19H21Cl2N3O3S. The van der Waals surface area contributed by atoms with Crippen LogP contribution in [-0.2, 0) is 14.8 Å². The Labute approximate surface area is 175 Å². The molecule has 0 aliphatic carbocycles. The normalized spacial score (nSPS) is 16.1. The van der Waals surface area contributed by atoms with E-state index in [4.69, 9.17) is 23.2 Å². The van der Waals surface area contributed by atoms with Crippen molar-refractivity contribution < 1.29 is 13.2 Å². The number of nitrogens with one attached hydrogen (secondary N) is 1. The van der Waals surface area contributed by atoms with Gasteiger partial charge >= 0.3 is 0 Å². The van der Waals surface area contributed by atoms with Gasteiger partial charge in [0.1, 0.15) is 0 Å². The number of amides is 1. The van der Waals surface area contributed by atoms with Crippen LogP contribution in [0.2, 0.25) is 10.0 Å². The Morgan fingerprint density at radius 2 is 1.64 bits per heavy atom. The van der Waals surface area contributed by atoms with E-state index < -0.39 is 10.0 Å². The zero-order chi connectivity index (χ0) is 20.3. The van der Waals surface area contributed by atoms with Gasteiger partial charge in [0.2, 0.25) is 15.9 Å². The summed E-state index contributed by atoms with van der Waals surface area (Å²) in [6.45, 7) is 3.76. The monoisotopic (exact) mass is 441 g/mol. The van der Waals surface area contributed by atoms with E-state index in [0.717, 1.165) is 11.3 Å². The summed E-state index contributed by atoms with van der Waals surface area (Å²) in [5.74, 6) is -0.121. The molecule has 1 saturated heterocycles. The Morgan fingerprint density at radius 1 is 1.00 bits per heavy atom. The highest BCUT2D eigenvalue weighted by Crippen LogP contribution is 2.27. The number of benzene rings is 2. The maximum atomic E-state index is 12.8. The molecule has 0 aromatic heterocycles. The number of aryl methyl sites for hydroxylation is 1. The van der Waals surface area contributed by atoms with E-state index in [1.807, 2.05) is 36.1 Å². The number of hydrogen-bond donors (Lipinski definition) is 1. The molecule has 2 aromatic carbocycles. The molecule has 1 amide bonds. The predicted molar refractivity (Wildman–Crippen MR) is 111 cm³/mol. The Balaban J connectivity index is 1.55. The number of carbonyl (C=O) groups excluding carboxylic acids is 1. The third-order valence-corrected chi connectivity index (χ3v) is 7.20. The molecule has 6 nitrogen and oxygen atoms in total. The number of piperazine rings is 1. The summed E-state index contributed by atoms with van der Waals surface area (Å²) in [4.78, 5) is 14.3. The number of sulfonamides is 1. The van der Waals surface area contributed by atoms with Crippen molar-refractivity contribution in [3.63, 3.8) is 0 Å². The first-order valence-corrected chi connectivity index (χ1v) is 11.0. The van der Waals surface area contributed by atoms with E-state index >= 15 is 0 Å². The summed E-state index contributed by atoms with van der Waals surface area (Å²) in [5.41, 5.74) is 1.87. The average molecular weight is 442 g/mol. The van der Waals surface area contributed by atoms with Gasteiger partial charge in [-0.15, -0.1) is 0 Å². The molecule has 150 valence electrons. The van der Waals surface area contributed by atoms with Crippen molar-refractivity contribution in [2.24, 2.45) is 0 Å². The van der Waals surface area contributed by atoms with Crippen molar-refractivity contribution in [1.29, 1.82) is 0 Å². The summed E-state index contributed by atoms with van der Waals surface area (Å²) < 4.78 is 27.0. The third-order valence-electron chi connectivity index (χ3n) is 4.56. The molecule has 1 aliphatic rings. The van der Waals surface area contributed by atoms with Gasteiger partial charge in [-0.05, 0) is 37.3 Å². The number of halogens is 2. The lowest BCUT2D eigenvalue weighted by atomic mass is 10.2. The summed E-state index contributed by atoms with van der Waals surface area (Å²) in [5, 5.41) is 3.37. The molecule has 2 aromatic rings. The Morgan fingerprint density at radius 3 is 2.25 bits per heavy atom. The molecule has 28 heavy (non-hydrogen) atoms. The van der Waals surface area contributed by atoms with E-state index in [1.54, 1.807) is 0 Å². The third kappa shape index (κ3) is 5.04. The fourth-order valence-corrected chi connectivity index (χ4v) is 4.77. The van der Waals surface area contributed by atoms with E-state index in [0.29, 0.717) is 31.2 Å². The van der Waals surface area contributed by atoms with Gasteiger partial charge in [-0.3, -0.25) is 9.69 Å². The number of hydrogen-bond acceptors (Lipinski definition) is 4. The molecule has 3 rings (SSSR count). The standard InChI is InChI=1S/C19H21Cl2N3O3S/c1-14-2-4-15(5-3-14)22-19(25)13-23-8-10-24(11-9-23)28(26,27)16-6-7-17(20)18(21)12-16/h2-7,12H,8-11,13H2,1H3,(H,22,25). The molecule has 0 saturated carbocycles. The molecular weight excluding hydrogens is 421 g/mol. The highest BCUT2D eigenvalue weighted by molar-refractivity contribution is 7.89. The van der Waals surface area contributed by atoms with Crippen molar-refractivity contribution in [2.45, 2.75) is 11.8 Å². The van der Waals surface area contributed by atoms with Crippen LogP contribution in [0.1, 0.15) is 5.56 Å². The zero-order valence-electron chi connectivity index (χ0n) is 15.4. The number of carbonyl (C=O) groups is 1. The second-order valence-electron chi connectivity index (χ2n) is 6.67. The molecule has 9 heteroatoms. The van der Waals surface area contributed by atoms with Crippen LogP contribution in [0.3, 0.4) is 0 Å². The topological polar surface area (TPSA) is 69.7 Å². The smallest absolute Gasteiger partial charge is 0.243 e. The van der Waals surface area contributed by atoms with Crippen molar-refractivity contribution in [3.8, 4) is 0 Å². The first kappa shape index (κ1) is 21.1. The van der Waals surface area contributed by atoms with Gasteiger partial charge in [0, 0.05) is 31.9 Å². The van der Waals surface area contributed by atoms with E-state index in [-0.39, 0.29) is 22.4 Å². The second kappa shape index (κ2) is 8.80. The van der Waals surface area contributed by atoms with Crippen LogP contribution in [0, 0.1) is 6.92 Å². The van der Waals surface area contributed by atoms with Crippen molar-refractivity contribution in [3.05, 3.63) is 58.1 Å². The van der Waals surface area contributed by atoms with E-state index in [2.05, 4.69) is 5.32 Å². The lowest BCUT2D eigenvalue weighted by Gasteiger charge is -2.33. The lowest BCUT2D eigenvalue weighted by molar-refractivity contribution is -0.117. The second-order valence-corrected chi connectivity index (χ2v) is 9.42. The number of anilines is 1. The van der Waals surface area contributed by atoms with Crippen molar-refractivity contribution in [2.75, 3.05) is 38.0 Å². The average Bonchev–Trinajstić information content (AvgIpc) is 2.66. The van der Waals surface area contributed by atoms with Crippen LogP contribution in [0.25, 0.3) is 0 Å². The maximum absolute atomic E-state index is 12.8. The number of rotatable bonds is 5. The van der Waals surface area contributed by atoms with Gasteiger partial charge in [-0.2, -0.15) is 4.31 Å². The van der Waals surface area contributed by atoms with Crippen LogP contribution in [0.4, 0.5) is 5.69 Å². The highest BCUT2D eigenvalue weighted by Gasteiger charge is 2.29. The van der Waals surface area contributed by atoms with E-state index in [9.17, 15) is 13.2 Å². The van der Waals surface area contributed by atoms with Crippen LogP contribution < -0.4 is 5.32 Å². The van der Waals surface area contributed by atoms with Crippen molar-refractivity contribution >= 4 is 44.8 Å². The van der Waals surface area contributed by atoms with E-state index in [1.165, 1.54) is 22.5 Å². The van der Waals surface area contributed by atoms with Gasteiger partial charge < -0.3 is 5.32 Å². The minimum absolute atomic E-state index is 0.118. The molecule has 1 aliphatic heterocycles. The molecule has 1 fully saturated rings. The van der Waals surface area contributed by atoms with Gasteiger partial charge in [-0.1, -0.05) is 40.9 Å². The van der Waals surface area contributed by atoms with Gasteiger partial charge in [-0.25, -0.2) is 8.42 Å². The largest absolute Gasteiger partial charge is 0.325 e. The van der Waals surface area contributed by atoms with Crippen LogP contribution >= 0.6 is 23.2 Å². The van der Waals surface area contributed by atoms with Crippen LogP contribution in [0.15, 0.2) is 47.4 Å². The maximum Gasteiger partial charge on any atom is 0.243 e. The summed E-state index contributed by atoms with van der Waals surface area (Å²) in [6.07, 6.45) is 0. The molecule has 0 unspecified atom stereocenters. The van der Waals surface area contributed by atoms with Gasteiger partial charge in [0.05, 0.1) is 21.5 Å².